The van der Waals surface area contributed by atoms with Gasteiger partial charge in [-0.15, -0.1) is 0 Å². The second-order valence-corrected chi connectivity index (χ2v) is 3.70. The van der Waals surface area contributed by atoms with Crippen molar-refractivity contribution >= 4 is 5.69 Å². The number of ether oxygens (including phenoxy) is 2. The van der Waals surface area contributed by atoms with E-state index in [-0.39, 0.29) is 11.9 Å². The Bertz CT molecular complexity index is 372. The van der Waals surface area contributed by atoms with Crippen molar-refractivity contribution in [1.82, 2.24) is 0 Å². The number of methoxy groups -OCH3 is 1. The molecule has 2 atom stereocenters. The van der Waals surface area contributed by atoms with Crippen molar-refractivity contribution in [3.8, 4) is 5.75 Å². The molecule has 1 aliphatic heterocycles. The normalized spacial score (nSPS) is 24.4. The molecule has 0 aliphatic carbocycles. The first-order valence-corrected chi connectivity index (χ1v) is 5.06. The third-order valence-corrected chi connectivity index (χ3v) is 2.55. The zero-order chi connectivity index (χ0) is 11.5. The number of aliphatic hydroxyl groups is 1. The third kappa shape index (κ3) is 2.25. The first-order valence-electron chi connectivity index (χ1n) is 5.06. The Morgan fingerprint density at radius 1 is 1.50 bits per heavy atom. The van der Waals surface area contributed by atoms with Gasteiger partial charge in [0, 0.05) is 6.07 Å². The van der Waals surface area contributed by atoms with Gasteiger partial charge in [-0.2, -0.15) is 0 Å². The van der Waals surface area contributed by atoms with E-state index in [1.54, 1.807) is 6.07 Å². The van der Waals surface area contributed by atoms with E-state index in [0.717, 1.165) is 0 Å². The van der Waals surface area contributed by atoms with E-state index < -0.39 is 6.10 Å². The van der Waals surface area contributed by atoms with Gasteiger partial charge < -0.3 is 19.9 Å². The van der Waals surface area contributed by atoms with Gasteiger partial charge in [-0.1, -0.05) is 0 Å². The summed E-state index contributed by atoms with van der Waals surface area (Å²) in [6.07, 6.45) is -0.547. The summed E-state index contributed by atoms with van der Waals surface area (Å²) in [6.45, 7) is 0.753. The van der Waals surface area contributed by atoms with Gasteiger partial charge in [0.25, 0.3) is 0 Å². The maximum absolute atomic E-state index is 12.9. The average Bonchev–Trinajstić information content (AvgIpc) is 2.67. The molecule has 1 saturated heterocycles. The number of anilines is 1. The molecule has 0 radical (unpaired) electrons. The Balaban J connectivity index is 2.14. The highest BCUT2D eigenvalue weighted by atomic mass is 19.1. The molecule has 0 saturated carbocycles. The molecule has 16 heavy (non-hydrogen) atoms. The number of rotatable bonds is 3. The van der Waals surface area contributed by atoms with Gasteiger partial charge in [0.15, 0.2) is 0 Å². The molecular formula is C11H14FNO3. The van der Waals surface area contributed by atoms with Crippen molar-refractivity contribution in [2.75, 3.05) is 25.6 Å². The van der Waals surface area contributed by atoms with Crippen LogP contribution in [0.15, 0.2) is 18.2 Å². The fraction of sp³-hybridized carbons (Fsp3) is 0.455. The van der Waals surface area contributed by atoms with Crippen molar-refractivity contribution in [2.24, 2.45) is 0 Å². The van der Waals surface area contributed by atoms with Gasteiger partial charge in [0.1, 0.15) is 11.6 Å². The largest absolute Gasteiger partial charge is 0.494 e. The minimum Gasteiger partial charge on any atom is -0.494 e. The fourth-order valence-electron chi connectivity index (χ4n) is 1.66. The number of nitrogens with one attached hydrogen (secondary N) is 1. The van der Waals surface area contributed by atoms with Crippen LogP contribution in [-0.2, 0) is 4.74 Å². The maximum Gasteiger partial charge on any atom is 0.144 e. The number of hydrogen-bond donors (Lipinski definition) is 2. The summed E-state index contributed by atoms with van der Waals surface area (Å²) < 4.78 is 23.1. The van der Waals surface area contributed by atoms with Crippen LogP contribution in [0.5, 0.6) is 5.75 Å². The number of hydrogen-bond acceptors (Lipinski definition) is 4. The summed E-state index contributed by atoms with van der Waals surface area (Å²) in [6, 6.07) is 4.04. The second-order valence-electron chi connectivity index (χ2n) is 3.70. The molecule has 0 bridgehead atoms. The third-order valence-electron chi connectivity index (χ3n) is 2.55. The zero-order valence-electron chi connectivity index (χ0n) is 8.94. The summed E-state index contributed by atoms with van der Waals surface area (Å²) in [4.78, 5) is 0. The van der Waals surface area contributed by atoms with E-state index in [0.29, 0.717) is 24.7 Å². The van der Waals surface area contributed by atoms with Crippen LogP contribution in [0.25, 0.3) is 0 Å². The van der Waals surface area contributed by atoms with Crippen LogP contribution in [0.1, 0.15) is 0 Å². The molecule has 0 amide bonds. The second kappa shape index (κ2) is 4.67. The first-order chi connectivity index (χ1) is 7.70. The molecule has 1 fully saturated rings. The van der Waals surface area contributed by atoms with E-state index >= 15 is 0 Å². The summed E-state index contributed by atoms with van der Waals surface area (Å²) in [5, 5.41) is 12.6. The number of benzene rings is 1. The molecule has 1 aromatic rings. The van der Waals surface area contributed by atoms with Gasteiger partial charge in [-0.05, 0) is 12.1 Å². The molecule has 5 heteroatoms. The molecule has 0 spiro atoms. The van der Waals surface area contributed by atoms with Crippen LogP contribution in [-0.4, -0.2) is 37.6 Å². The van der Waals surface area contributed by atoms with Crippen LogP contribution < -0.4 is 10.1 Å². The lowest BCUT2D eigenvalue weighted by atomic mass is 10.2. The summed E-state index contributed by atoms with van der Waals surface area (Å²) in [7, 11) is 1.47. The molecule has 88 valence electrons. The zero-order valence-corrected chi connectivity index (χ0v) is 8.94. The Labute approximate surface area is 93.0 Å². The minimum absolute atomic E-state index is 0.181. The van der Waals surface area contributed by atoms with Gasteiger partial charge in [0.05, 0.1) is 38.2 Å². The van der Waals surface area contributed by atoms with Crippen LogP contribution >= 0.6 is 0 Å². The first kappa shape index (κ1) is 11.2. The lowest BCUT2D eigenvalue weighted by Crippen LogP contribution is -2.31. The standard InChI is InChI=1S/C11H14FNO3/c1-15-11-4-7(12)2-3-8(11)13-9-5-16-6-10(9)14/h2-4,9-10,13-14H,5-6H2,1H3. The van der Waals surface area contributed by atoms with Crippen LogP contribution in [0.3, 0.4) is 0 Å². The lowest BCUT2D eigenvalue weighted by Gasteiger charge is -2.18. The molecule has 2 rings (SSSR count). The summed E-state index contributed by atoms with van der Waals surface area (Å²) in [5.41, 5.74) is 0.651. The molecule has 2 unspecified atom stereocenters. The van der Waals surface area contributed by atoms with Gasteiger partial charge in [-0.3, -0.25) is 0 Å². The molecule has 0 aromatic heterocycles. The van der Waals surface area contributed by atoms with Crippen LogP contribution in [0.4, 0.5) is 10.1 Å². The van der Waals surface area contributed by atoms with Gasteiger partial charge >= 0.3 is 0 Å². The molecule has 1 heterocycles. The van der Waals surface area contributed by atoms with Gasteiger partial charge in [0.2, 0.25) is 0 Å². The monoisotopic (exact) mass is 227 g/mol. The highest BCUT2D eigenvalue weighted by Gasteiger charge is 2.26. The summed E-state index contributed by atoms with van der Waals surface area (Å²) in [5.74, 6) is 0.0599. The Morgan fingerprint density at radius 2 is 2.31 bits per heavy atom. The average molecular weight is 227 g/mol. The van der Waals surface area contributed by atoms with E-state index in [9.17, 15) is 9.50 Å². The molecule has 1 aromatic carbocycles. The predicted molar refractivity (Wildman–Crippen MR) is 57.2 cm³/mol. The van der Waals surface area contributed by atoms with E-state index in [2.05, 4.69) is 5.32 Å². The smallest absolute Gasteiger partial charge is 0.144 e. The quantitative estimate of drug-likeness (QED) is 0.809. The van der Waals surface area contributed by atoms with Crippen molar-refractivity contribution in [3.63, 3.8) is 0 Å². The van der Waals surface area contributed by atoms with Crippen LogP contribution in [0.2, 0.25) is 0 Å². The highest BCUT2D eigenvalue weighted by molar-refractivity contribution is 5.57. The van der Waals surface area contributed by atoms with Crippen molar-refractivity contribution < 1.29 is 19.0 Å². The number of halogens is 1. The lowest BCUT2D eigenvalue weighted by molar-refractivity contribution is 0.125. The maximum atomic E-state index is 12.9. The fourth-order valence-corrected chi connectivity index (χ4v) is 1.66. The topological polar surface area (TPSA) is 50.7 Å². The van der Waals surface area contributed by atoms with Crippen molar-refractivity contribution in [3.05, 3.63) is 24.0 Å². The molecule has 4 nitrogen and oxygen atoms in total. The number of aliphatic hydroxyl groups excluding tert-OH is 1. The highest BCUT2D eigenvalue weighted by Crippen LogP contribution is 2.26. The molecule has 1 aliphatic rings. The Morgan fingerprint density at radius 3 is 2.94 bits per heavy atom. The molecule has 2 N–H and O–H groups in total. The van der Waals surface area contributed by atoms with E-state index in [4.69, 9.17) is 9.47 Å². The molecular weight excluding hydrogens is 213 g/mol. The van der Waals surface area contributed by atoms with Gasteiger partial charge in [-0.25, -0.2) is 4.39 Å². The Hall–Kier alpha value is -1.33. The minimum atomic E-state index is -0.547. The Kier molecular flexibility index (Phi) is 3.26. The summed E-state index contributed by atoms with van der Waals surface area (Å²) >= 11 is 0. The van der Waals surface area contributed by atoms with E-state index in [1.807, 2.05) is 0 Å². The van der Waals surface area contributed by atoms with Crippen molar-refractivity contribution in [2.45, 2.75) is 12.1 Å². The van der Waals surface area contributed by atoms with Crippen LogP contribution in [0, 0.1) is 5.82 Å². The predicted octanol–water partition coefficient (Wildman–Crippen LogP) is 1.01. The van der Waals surface area contributed by atoms with E-state index in [1.165, 1.54) is 19.2 Å². The SMILES string of the molecule is COc1cc(F)ccc1NC1COCC1O. The van der Waals surface area contributed by atoms with Crippen molar-refractivity contribution in [1.29, 1.82) is 0 Å².